The molecule has 0 aromatic carbocycles. The molecule has 1 aliphatic carbocycles. The van der Waals surface area contributed by atoms with Crippen molar-refractivity contribution in [2.45, 2.75) is 63.4 Å². The summed E-state index contributed by atoms with van der Waals surface area (Å²) >= 11 is 1.98. The van der Waals surface area contributed by atoms with Crippen LogP contribution in [0.4, 0.5) is 6.01 Å². The normalized spacial score (nSPS) is 23.8. The molecule has 2 rings (SSSR count). The van der Waals surface area contributed by atoms with Gasteiger partial charge in [-0.2, -0.15) is 11.8 Å². The van der Waals surface area contributed by atoms with E-state index in [1.165, 1.54) is 25.7 Å². The zero-order chi connectivity index (χ0) is 13.7. The van der Waals surface area contributed by atoms with E-state index in [-0.39, 0.29) is 0 Å². The summed E-state index contributed by atoms with van der Waals surface area (Å²) < 4.78 is 5.59. The molecule has 0 bridgehead atoms. The fourth-order valence-electron chi connectivity index (χ4n) is 2.29. The number of aromatic nitrogens is 2. The average Bonchev–Trinajstić information content (AvgIpc) is 2.85. The van der Waals surface area contributed by atoms with Crippen molar-refractivity contribution in [3.63, 3.8) is 0 Å². The number of nitrogens with zero attached hydrogens (tertiary/aromatic N) is 2. The van der Waals surface area contributed by atoms with Crippen molar-refractivity contribution in [1.82, 2.24) is 15.5 Å². The van der Waals surface area contributed by atoms with Crippen LogP contribution in [-0.2, 0) is 6.54 Å². The molecule has 0 unspecified atom stereocenters. The molecule has 0 amide bonds. The van der Waals surface area contributed by atoms with Gasteiger partial charge in [-0.1, -0.05) is 18.9 Å². The Morgan fingerprint density at radius 2 is 2.00 bits per heavy atom. The summed E-state index contributed by atoms with van der Waals surface area (Å²) in [4.78, 5) is 0. The Morgan fingerprint density at radius 1 is 1.26 bits per heavy atom. The van der Waals surface area contributed by atoms with Gasteiger partial charge in [-0.15, -0.1) is 5.10 Å². The Morgan fingerprint density at radius 3 is 2.63 bits per heavy atom. The number of hydrogen-bond acceptors (Lipinski definition) is 6. The molecule has 0 spiro atoms. The Balaban J connectivity index is 1.77. The molecule has 1 saturated carbocycles. The zero-order valence-corrected chi connectivity index (χ0v) is 12.8. The number of anilines is 1. The second-order valence-corrected chi connectivity index (χ2v) is 6.53. The highest BCUT2D eigenvalue weighted by molar-refractivity contribution is 7.99. The largest absolute Gasteiger partial charge is 0.407 e. The van der Waals surface area contributed by atoms with Gasteiger partial charge in [-0.05, 0) is 31.9 Å². The monoisotopic (exact) mass is 284 g/mol. The van der Waals surface area contributed by atoms with Crippen LogP contribution in [0.1, 0.15) is 45.4 Å². The third kappa shape index (κ3) is 4.69. The molecule has 1 aromatic heterocycles. The number of nitrogens with one attached hydrogen (secondary N) is 2. The second-order valence-electron chi connectivity index (χ2n) is 5.39. The molecule has 0 aliphatic heterocycles. The molecule has 1 aliphatic rings. The standard InChI is InChI=1S/C13H24N4OS/c1-9(2)14-8-12-16-17-13(18-12)15-10-4-6-11(19-3)7-5-10/h9-11,14H,4-8H2,1-3H3,(H,15,17). The molecule has 1 fully saturated rings. The van der Waals surface area contributed by atoms with Gasteiger partial charge in [0.2, 0.25) is 5.89 Å². The predicted octanol–water partition coefficient (Wildman–Crippen LogP) is 2.65. The predicted molar refractivity (Wildman–Crippen MR) is 79.5 cm³/mol. The molecule has 2 N–H and O–H groups in total. The summed E-state index contributed by atoms with van der Waals surface area (Å²) in [5.74, 6) is 0.647. The molecule has 0 saturated heterocycles. The van der Waals surface area contributed by atoms with E-state index in [2.05, 4.69) is 40.9 Å². The van der Waals surface area contributed by atoms with Crippen LogP contribution in [0.25, 0.3) is 0 Å². The van der Waals surface area contributed by atoms with Gasteiger partial charge in [0.05, 0.1) is 6.54 Å². The van der Waals surface area contributed by atoms with E-state index < -0.39 is 0 Å². The highest BCUT2D eigenvalue weighted by Crippen LogP contribution is 2.28. The van der Waals surface area contributed by atoms with Crippen molar-refractivity contribution in [3.8, 4) is 0 Å². The molecule has 0 radical (unpaired) electrons. The zero-order valence-electron chi connectivity index (χ0n) is 12.0. The highest BCUT2D eigenvalue weighted by atomic mass is 32.2. The molecule has 19 heavy (non-hydrogen) atoms. The number of thioether (sulfide) groups is 1. The van der Waals surface area contributed by atoms with Crippen molar-refractivity contribution in [2.75, 3.05) is 11.6 Å². The van der Waals surface area contributed by atoms with Gasteiger partial charge in [-0.25, -0.2) is 0 Å². The van der Waals surface area contributed by atoms with E-state index in [0.29, 0.717) is 30.5 Å². The number of rotatable bonds is 6. The van der Waals surface area contributed by atoms with Crippen LogP contribution in [0.3, 0.4) is 0 Å². The Labute approximate surface area is 119 Å². The first-order chi connectivity index (χ1) is 9.17. The summed E-state index contributed by atoms with van der Waals surface area (Å²) in [5, 5.41) is 15.5. The first-order valence-corrected chi connectivity index (χ1v) is 8.31. The van der Waals surface area contributed by atoms with Crippen molar-refractivity contribution in [1.29, 1.82) is 0 Å². The van der Waals surface area contributed by atoms with Crippen LogP contribution < -0.4 is 10.6 Å². The number of hydrogen-bond donors (Lipinski definition) is 2. The van der Waals surface area contributed by atoms with Crippen molar-refractivity contribution < 1.29 is 4.42 Å². The molecule has 0 atom stereocenters. The lowest BCUT2D eigenvalue weighted by Gasteiger charge is -2.27. The molecule has 108 valence electrons. The van der Waals surface area contributed by atoms with Crippen molar-refractivity contribution >= 4 is 17.8 Å². The maximum absolute atomic E-state index is 5.59. The fourth-order valence-corrected chi connectivity index (χ4v) is 3.04. The van der Waals surface area contributed by atoms with Gasteiger partial charge >= 0.3 is 6.01 Å². The maximum atomic E-state index is 5.59. The van der Waals surface area contributed by atoms with Crippen molar-refractivity contribution in [2.24, 2.45) is 0 Å². The maximum Gasteiger partial charge on any atom is 0.315 e. The molecular weight excluding hydrogens is 260 g/mol. The first-order valence-electron chi connectivity index (χ1n) is 7.02. The van der Waals surface area contributed by atoms with Gasteiger partial charge < -0.3 is 15.1 Å². The fraction of sp³-hybridized carbons (Fsp3) is 0.846. The average molecular weight is 284 g/mol. The minimum Gasteiger partial charge on any atom is -0.407 e. The van der Waals surface area contributed by atoms with Crippen molar-refractivity contribution in [3.05, 3.63) is 5.89 Å². The van der Waals surface area contributed by atoms with Crippen LogP contribution >= 0.6 is 11.8 Å². The second kappa shape index (κ2) is 7.14. The van der Waals surface area contributed by atoms with E-state index in [9.17, 15) is 0 Å². The van der Waals surface area contributed by atoms with Crippen LogP contribution in [0.2, 0.25) is 0 Å². The lowest BCUT2D eigenvalue weighted by molar-refractivity contribution is 0.434. The van der Waals surface area contributed by atoms with Gasteiger partial charge in [0.25, 0.3) is 0 Å². The quantitative estimate of drug-likeness (QED) is 0.837. The van der Waals surface area contributed by atoms with E-state index in [1.54, 1.807) is 0 Å². The minimum absolute atomic E-state index is 0.421. The van der Waals surface area contributed by atoms with E-state index >= 15 is 0 Å². The van der Waals surface area contributed by atoms with Gasteiger partial charge in [0.1, 0.15) is 0 Å². The molecule has 6 heteroatoms. The molecule has 1 heterocycles. The summed E-state index contributed by atoms with van der Waals surface area (Å²) in [6.45, 7) is 4.82. The summed E-state index contributed by atoms with van der Waals surface area (Å²) in [6, 6.07) is 1.47. The lowest BCUT2D eigenvalue weighted by atomic mass is 9.95. The van der Waals surface area contributed by atoms with Gasteiger partial charge in [-0.3, -0.25) is 0 Å². The SMILES string of the molecule is CSC1CCC(Nc2nnc(CNC(C)C)o2)CC1. The van der Waals surface area contributed by atoms with Crippen LogP contribution in [0.15, 0.2) is 4.42 Å². The minimum atomic E-state index is 0.421. The Hall–Kier alpha value is -0.750. The Kier molecular flexibility index (Phi) is 5.51. The van der Waals surface area contributed by atoms with E-state index in [0.717, 1.165) is 5.25 Å². The van der Waals surface area contributed by atoms with E-state index in [4.69, 9.17) is 4.42 Å². The van der Waals surface area contributed by atoms with E-state index in [1.807, 2.05) is 11.8 Å². The molecule has 1 aromatic rings. The summed E-state index contributed by atoms with van der Waals surface area (Å²) in [5.41, 5.74) is 0. The van der Waals surface area contributed by atoms with Gasteiger partial charge in [0, 0.05) is 17.3 Å². The van der Waals surface area contributed by atoms with Crippen LogP contribution in [0.5, 0.6) is 0 Å². The van der Waals surface area contributed by atoms with Crippen LogP contribution in [-0.4, -0.2) is 33.8 Å². The smallest absolute Gasteiger partial charge is 0.315 e. The third-order valence-electron chi connectivity index (χ3n) is 3.46. The highest BCUT2D eigenvalue weighted by Gasteiger charge is 2.21. The lowest BCUT2D eigenvalue weighted by Crippen LogP contribution is -2.27. The van der Waals surface area contributed by atoms with Crippen LogP contribution in [0, 0.1) is 0 Å². The van der Waals surface area contributed by atoms with Gasteiger partial charge in [0.15, 0.2) is 0 Å². The topological polar surface area (TPSA) is 63.0 Å². The summed E-state index contributed by atoms with van der Waals surface area (Å²) in [7, 11) is 0. The third-order valence-corrected chi connectivity index (χ3v) is 4.60. The molecular formula is C13H24N4OS. The summed E-state index contributed by atoms with van der Waals surface area (Å²) in [6.07, 6.45) is 7.12. The Bertz CT molecular complexity index is 374. The molecule has 5 nitrogen and oxygen atoms in total. The first kappa shape index (κ1) is 14.7.